The molecule has 0 bridgehead atoms. The lowest BCUT2D eigenvalue weighted by Crippen LogP contribution is -2.48. The second-order valence-electron chi connectivity index (χ2n) is 7.75. The number of nitrogens with zero attached hydrogens (tertiary/aromatic N) is 4. The topological polar surface area (TPSA) is 54.5 Å². The molecule has 1 fully saturated rings. The highest BCUT2D eigenvalue weighted by atomic mass is 16.3. The van der Waals surface area contributed by atoms with Crippen LogP contribution in [0.15, 0.2) is 40.8 Å². The second kappa shape index (κ2) is 7.87. The first kappa shape index (κ1) is 19.5. The molecule has 6 heteroatoms. The number of amides is 1. The van der Waals surface area contributed by atoms with Gasteiger partial charge in [-0.2, -0.15) is 5.10 Å². The average Bonchev–Trinajstić information content (AvgIpc) is 3.34. The lowest BCUT2D eigenvalue weighted by molar-refractivity contribution is 0.0634. The molecule has 0 unspecified atom stereocenters. The van der Waals surface area contributed by atoms with Crippen LogP contribution in [0, 0.1) is 20.8 Å². The lowest BCUT2D eigenvalue weighted by Gasteiger charge is -2.34. The Balaban J connectivity index is 1.75. The summed E-state index contributed by atoms with van der Waals surface area (Å²) >= 11 is 0. The van der Waals surface area contributed by atoms with Gasteiger partial charge in [0.15, 0.2) is 5.76 Å². The quantitative estimate of drug-likeness (QED) is 0.677. The molecule has 1 saturated heterocycles. The molecule has 3 aromatic rings. The van der Waals surface area contributed by atoms with Crippen LogP contribution in [0.1, 0.15) is 34.3 Å². The van der Waals surface area contributed by atoms with E-state index in [0.29, 0.717) is 17.1 Å². The standard InChI is InChI=1S/C23H28N4O2/c1-5-25-10-12-26(13-11-25)23(28)21-15-19(22-9-7-18(4)29-22)24-27(21)20-8-6-16(2)14-17(20)3/h6-9,14-15H,5,10-13H2,1-4H3. The van der Waals surface area contributed by atoms with Crippen molar-refractivity contribution in [2.24, 2.45) is 0 Å². The number of furan rings is 1. The van der Waals surface area contributed by atoms with E-state index in [0.717, 1.165) is 49.7 Å². The third-order valence-corrected chi connectivity index (χ3v) is 5.61. The highest BCUT2D eigenvalue weighted by Crippen LogP contribution is 2.26. The predicted octanol–water partition coefficient (Wildman–Crippen LogP) is 3.84. The smallest absolute Gasteiger partial charge is 0.272 e. The Bertz CT molecular complexity index is 1030. The summed E-state index contributed by atoms with van der Waals surface area (Å²) in [5, 5.41) is 4.77. The van der Waals surface area contributed by atoms with Gasteiger partial charge < -0.3 is 14.2 Å². The third-order valence-electron chi connectivity index (χ3n) is 5.61. The van der Waals surface area contributed by atoms with Crippen LogP contribution in [-0.4, -0.2) is 58.2 Å². The molecule has 0 atom stereocenters. The largest absolute Gasteiger partial charge is 0.460 e. The summed E-state index contributed by atoms with van der Waals surface area (Å²) in [7, 11) is 0. The zero-order chi connectivity index (χ0) is 20.5. The van der Waals surface area contributed by atoms with E-state index in [2.05, 4.69) is 37.8 Å². The molecule has 4 rings (SSSR count). The highest BCUT2D eigenvalue weighted by molar-refractivity contribution is 5.94. The van der Waals surface area contributed by atoms with Gasteiger partial charge in [0.1, 0.15) is 17.1 Å². The number of aryl methyl sites for hydroxylation is 3. The first-order chi connectivity index (χ1) is 14.0. The first-order valence-corrected chi connectivity index (χ1v) is 10.2. The van der Waals surface area contributed by atoms with Crippen molar-refractivity contribution in [2.45, 2.75) is 27.7 Å². The van der Waals surface area contributed by atoms with Crippen LogP contribution >= 0.6 is 0 Å². The van der Waals surface area contributed by atoms with E-state index < -0.39 is 0 Å². The molecule has 29 heavy (non-hydrogen) atoms. The minimum Gasteiger partial charge on any atom is -0.460 e. The Labute approximate surface area is 171 Å². The fraction of sp³-hybridized carbons (Fsp3) is 0.391. The minimum absolute atomic E-state index is 0.0164. The van der Waals surface area contributed by atoms with Crippen molar-refractivity contribution >= 4 is 5.91 Å². The maximum Gasteiger partial charge on any atom is 0.272 e. The number of benzene rings is 1. The van der Waals surface area contributed by atoms with E-state index in [4.69, 9.17) is 9.52 Å². The van der Waals surface area contributed by atoms with Crippen LogP contribution in [0.4, 0.5) is 0 Å². The molecular formula is C23H28N4O2. The summed E-state index contributed by atoms with van der Waals surface area (Å²) in [5.74, 6) is 1.52. The van der Waals surface area contributed by atoms with Gasteiger partial charge in [-0.1, -0.05) is 24.6 Å². The molecule has 2 aromatic heterocycles. The maximum absolute atomic E-state index is 13.4. The Hall–Kier alpha value is -2.86. The average molecular weight is 393 g/mol. The number of carbonyl (C=O) groups excluding carboxylic acids is 1. The van der Waals surface area contributed by atoms with Crippen molar-refractivity contribution in [3.63, 3.8) is 0 Å². The van der Waals surface area contributed by atoms with Crippen LogP contribution in [-0.2, 0) is 0 Å². The fourth-order valence-electron chi connectivity index (χ4n) is 3.88. The molecule has 0 spiro atoms. The third kappa shape index (κ3) is 3.85. The number of likely N-dealkylation sites (N-methyl/N-ethyl adjacent to an activating group) is 1. The molecule has 1 aliphatic rings. The maximum atomic E-state index is 13.4. The molecule has 1 amide bonds. The van der Waals surface area contributed by atoms with Crippen LogP contribution in [0.25, 0.3) is 17.1 Å². The van der Waals surface area contributed by atoms with Crippen LogP contribution in [0.5, 0.6) is 0 Å². The van der Waals surface area contributed by atoms with Gasteiger partial charge in [-0.3, -0.25) is 4.79 Å². The Morgan fingerprint density at radius 2 is 1.79 bits per heavy atom. The SMILES string of the molecule is CCN1CCN(C(=O)c2cc(-c3ccc(C)o3)nn2-c2ccc(C)cc2C)CC1. The minimum atomic E-state index is 0.0164. The number of rotatable bonds is 4. The molecule has 0 aliphatic carbocycles. The van der Waals surface area contributed by atoms with E-state index in [1.165, 1.54) is 5.56 Å². The van der Waals surface area contributed by atoms with Crippen LogP contribution in [0.3, 0.4) is 0 Å². The molecule has 3 heterocycles. The van der Waals surface area contributed by atoms with Gasteiger partial charge in [0, 0.05) is 32.2 Å². The molecular weight excluding hydrogens is 364 g/mol. The lowest BCUT2D eigenvalue weighted by atomic mass is 10.1. The predicted molar refractivity (Wildman–Crippen MR) is 113 cm³/mol. The summed E-state index contributed by atoms with van der Waals surface area (Å²) in [6.45, 7) is 12.5. The Morgan fingerprint density at radius 3 is 2.41 bits per heavy atom. The van der Waals surface area contributed by atoms with Crippen molar-refractivity contribution in [2.75, 3.05) is 32.7 Å². The van der Waals surface area contributed by atoms with Gasteiger partial charge in [-0.25, -0.2) is 4.68 Å². The van der Waals surface area contributed by atoms with Crippen molar-refractivity contribution in [1.29, 1.82) is 0 Å². The molecule has 1 aliphatic heterocycles. The second-order valence-corrected chi connectivity index (χ2v) is 7.75. The van der Waals surface area contributed by atoms with Gasteiger partial charge in [-0.15, -0.1) is 0 Å². The summed E-state index contributed by atoms with van der Waals surface area (Å²) in [6, 6.07) is 11.9. The van der Waals surface area contributed by atoms with Crippen LogP contribution < -0.4 is 0 Å². The monoisotopic (exact) mass is 392 g/mol. The van der Waals surface area contributed by atoms with Crippen molar-refractivity contribution in [3.05, 3.63) is 59.0 Å². The number of hydrogen-bond donors (Lipinski definition) is 0. The molecule has 152 valence electrons. The number of hydrogen-bond acceptors (Lipinski definition) is 4. The summed E-state index contributed by atoms with van der Waals surface area (Å²) in [6.07, 6.45) is 0. The Morgan fingerprint density at radius 1 is 1.03 bits per heavy atom. The van der Waals surface area contributed by atoms with Crippen molar-refractivity contribution < 1.29 is 9.21 Å². The number of aromatic nitrogens is 2. The number of carbonyl (C=O) groups is 1. The van der Waals surface area contributed by atoms with E-state index >= 15 is 0 Å². The van der Waals surface area contributed by atoms with Gasteiger partial charge >= 0.3 is 0 Å². The van der Waals surface area contributed by atoms with Gasteiger partial charge in [0.25, 0.3) is 5.91 Å². The summed E-state index contributed by atoms with van der Waals surface area (Å²) in [4.78, 5) is 17.7. The van der Waals surface area contributed by atoms with Crippen LogP contribution in [0.2, 0.25) is 0 Å². The highest BCUT2D eigenvalue weighted by Gasteiger charge is 2.26. The van der Waals surface area contributed by atoms with E-state index in [9.17, 15) is 4.79 Å². The van der Waals surface area contributed by atoms with E-state index in [1.54, 1.807) is 4.68 Å². The summed E-state index contributed by atoms with van der Waals surface area (Å²) < 4.78 is 7.54. The molecule has 0 N–H and O–H groups in total. The zero-order valence-electron chi connectivity index (χ0n) is 17.6. The summed E-state index contributed by atoms with van der Waals surface area (Å²) in [5.41, 5.74) is 4.43. The van der Waals surface area contributed by atoms with Crippen molar-refractivity contribution in [1.82, 2.24) is 19.6 Å². The first-order valence-electron chi connectivity index (χ1n) is 10.2. The van der Waals surface area contributed by atoms with Gasteiger partial charge in [0.05, 0.1) is 5.69 Å². The molecule has 0 saturated carbocycles. The number of piperazine rings is 1. The molecule has 6 nitrogen and oxygen atoms in total. The molecule has 1 aromatic carbocycles. The normalized spacial score (nSPS) is 15.1. The zero-order valence-corrected chi connectivity index (χ0v) is 17.6. The van der Waals surface area contributed by atoms with Gasteiger partial charge in [-0.05, 0) is 51.1 Å². The Kier molecular flexibility index (Phi) is 5.28. The van der Waals surface area contributed by atoms with E-state index in [-0.39, 0.29) is 5.91 Å². The van der Waals surface area contributed by atoms with E-state index in [1.807, 2.05) is 36.1 Å². The fourth-order valence-corrected chi connectivity index (χ4v) is 3.88. The van der Waals surface area contributed by atoms with Gasteiger partial charge in [0.2, 0.25) is 0 Å². The molecule has 0 radical (unpaired) electrons. The van der Waals surface area contributed by atoms with Crippen molar-refractivity contribution in [3.8, 4) is 17.1 Å².